The summed E-state index contributed by atoms with van der Waals surface area (Å²) < 4.78 is 13.4. The second-order valence-electron chi connectivity index (χ2n) is 3.33. The largest absolute Gasteiger partial charge is 0.271 e. The first-order chi connectivity index (χ1) is 7.17. The topological polar surface area (TPSA) is 38.0 Å². The maximum atomic E-state index is 13.4. The Morgan fingerprint density at radius 2 is 2.33 bits per heavy atom. The molecule has 1 unspecified atom stereocenters. The van der Waals surface area contributed by atoms with E-state index in [-0.39, 0.29) is 11.9 Å². The molecule has 0 aliphatic heterocycles. The lowest BCUT2D eigenvalue weighted by Gasteiger charge is -2.14. The van der Waals surface area contributed by atoms with E-state index in [9.17, 15) is 4.39 Å². The van der Waals surface area contributed by atoms with Crippen molar-refractivity contribution < 1.29 is 4.39 Å². The van der Waals surface area contributed by atoms with Gasteiger partial charge in [0.15, 0.2) is 0 Å². The van der Waals surface area contributed by atoms with Crippen molar-refractivity contribution in [1.82, 2.24) is 5.43 Å². The van der Waals surface area contributed by atoms with Gasteiger partial charge >= 0.3 is 0 Å². The zero-order chi connectivity index (χ0) is 11.3. The smallest absolute Gasteiger partial charge is 0.127 e. The fourth-order valence-electron chi connectivity index (χ4n) is 1.36. The highest BCUT2D eigenvalue weighted by Gasteiger charge is 2.09. The summed E-state index contributed by atoms with van der Waals surface area (Å²) in [4.78, 5) is 0. The third-order valence-corrected chi connectivity index (χ3v) is 2.40. The molecule has 0 aromatic heterocycles. The van der Waals surface area contributed by atoms with Gasteiger partial charge in [-0.15, -0.1) is 6.58 Å². The van der Waals surface area contributed by atoms with Crippen LogP contribution in [0.5, 0.6) is 0 Å². The van der Waals surface area contributed by atoms with Crippen LogP contribution < -0.4 is 11.3 Å². The molecule has 0 bridgehead atoms. The molecule has 0 amide bonds. The van der Waals surface area contributed by atoms with Crippen molar-refractivity contribution in [3.05, 3.63) is 47.3 Å². The average molecular weight is 229 g/mol. The second kappa shape index (κ2) is 5.85. The van der Waals surface area contributed by atoms with Crippen molar-refractivity contribution in [3.63, 3.8) is 0 Å². The Bertz CT molecular complexity index is 341. The summed E-state index contributed by atoms with van der Waals surface area (Å²) in [6.07, 6.45) is 2.96. The van der Waals surface area contributed by atoms with Gasteiger partial charge in [-0.2, -0.15) is 0 Å². The Labute approximate surface area is 93.9 Å². The molecule has 0 aliphatic carbocycles. The van der Waals surface area contributed by atoms with Gasteiger partial charge in [-0.1, -0.05) is 23.7 Å². The SMILES string of the molecule is C=CCC(Cc1ccc(Cl)cc1F)NN. The minimum atomic E-state index is -0.299. The van der Waals surface area contributed by atoms with Crippen LogP contribution in [0.4, 0.5) is 4.39 Å². The lowest BCUT2D eigenvalue weighted by molar-refractivity contribution is 0.513. The summed E-state index contributed by atoms with van der Waals surface area (Å²) in [6, 6.07) is 4.64. The first-order valence-electron chi connectivity index (χ1n) is 4.68. The van der Waals surface area contributed by atoms with Crippen LogP contribution in [0.2, 0.25) is 5.02 Å². The van der Waals surface area contributed by atoms with E-state index in [4.69, 9.17) is 17.4 Å². The number of benzene rings is 1. The number of hydrazine groups is 1. The van der Waals surface area contributed by atoms with Crippen LogP contribution in [-0.2, 0) is 6.42 Å². The third-order valence-electron chi connectivity index (χ3n) is 2.17. The van der Waals surface area contributed by atoms with Crippen molar-refractivity contribution >= 4 is 11.6 Å². The molecule has 0 aliphatic rings. The van der Waals surface area contributed by atoms with Gasteiger partial charge in [0.1, 0.15) is 5.82 Å². The molecule has 0 heterocycles. The summed E-state index contributed by atoms with van der Waals surface area (Å²) in [5.74, 6) is 5.04. The molecule has 0 spiro atoms. The summed E-state index contributed by atoms with van der Waals surface area (Å²) in [5.41, 5.74) is 3.22. The van der Waals surface area contributed by atoms with Gasteiger partial charge < -0.3 is 0 Å². The monoisotopic (exact) mass is 228 g/mol. The zero-order valence-electron chi connectivity index (χ0n) is 8.34. The first-order valence-corrected chi connectivity index (χ1v) is 5.06. The van der Waals surface area contributed by atoms with Crippen LogP contribution >= 0.6 is 11.6 Å². The number of halogens is 2. The summed E-state index contributed by atoms with van der Waals surface area (Å²) in [6.45, 7) is 3.62. The molecule has 1 atom stereocenters. The van der Waals surface area contributed by atoms with Gasteiger partial charge in [0.05, 0.1) is 0 Å². The normalized spacial score (nSPS) is 12.5. The van der Waals surface area contributed by atoms with E-state index in [0.29, 0.717) is 23.4 Å². The van der Waals surface area contributed by atoms with E-state index in [1.54, 1.807) is 18.2 Å². The van der Waals surface area contributed by atoms with E-state index in [2.05, 4.69) is 12.0 Å². The molecule has 0 saturated heterocycles. The maximum Gasteiger partial charge on any atom is 0.127 e. The predicted octanol–water partition coefficient (Wildman–Crippen LogP) is 2.43. The molecule has 0 saturated carbocycles. The van der Waals surface area contributed by atoms with Crippen molar-refractivity contribution in [1.29, 1.82) is 0 Å². The molecule has 2 nitrogen and oxygen atoms in total. The Hall–Kier alpha value is -0.900. The quantitative estimate of drug-likeness (QED) is 0.462. The predicted molar refractivity (Wildman–Crippen MR) is 61.0 cm³/mol. The Kier molecular flexibility index (Phi) is 4.75. The van der Waals surface area contributed by atoms with E-state index >= 15 is 0 Å². The van der Waals surface area contributed by atoms with E-state index in [1.165, 1.54) is 6.07 Å². The van der Waals surface area contributed by atoms with Crippen LogP contribution in [0.25, 0.3) is 0 Å². The summed E-state index contributed by atoms with van der Waals surface area (Å²) in [7, 11) is 0. The highest BCUT2D eigenvalue weighted by molar-refractivity contribution is 6.30. The summed E-state index contributed by atoms with van der Waals surface area (Å²) >= 11 is 5.65. The lowest BCUT2D eigenvalue weighted by Crippen LogP contribution is -2.36. The second-order valence-corrected chi connectivity index (χ2v) is 3.76. The van der Waals surface area contributed by atoms with Crippen molar-refractivity contribution in [3.8, 4) is 0 Å². The number of nitrogens with one attached hydrogen (secondary N) is 1. The van der Waals surface area contributed by atoms with Gasteiger partial charge in [-0.05, 0) is 30.5 Å². The number of hydrogen-bond donors (Lipinski definition) is 2. The molecular formula is C11H14ClFN2. The standard InChI is InChI=1S/C11H14ClFN2/c1-2-3-10(15-14)6-8-4-5-9(12)7-11(8)13/h2,4-5,7,10,15H,1,3,6,14H2. The Balaban J connectivity index is 2.74. The highest BCUT2D eigenvalue weighted by Crippen LogP contribution is 2.16. The highest BCUT2D eigenvalue weighted by atomic mass is 35.5. The molecule has 15 heavy (non-hydrogen) atoms. The van der Waals surface area contributed by atoms with E-state index in [0.717, 1.165) is 0 Å². The third kappa shape index (κ3) is 3.63. The number of rotatable bonds is 5. The van der Waals surface area contributed by atoms with Crippen molar-refractivity contribution in [2.45, 2.75) is 18.9 Å². The first kappa shape index (κ1) is 12.2. The van der Waals surface area contributed by atoms with E-state index in [1.807, 2.05) is 0 Å². The molecule has 1 aromatic rings. The van der Waals surface area contributed by atoms with Crippen LogP contribution in [-0.4, -0.2) is 6.04 Å². The lowest BCUT2D eigenvalue weighted by atomic mass is 10.0. The van der Waals surface area contributed by atoms with Crippen molar-refractivity contribution in [2.24, 2.45) is 5.84 Å². The van der Waals surface area contributed by atoms with Crippen LogP contribution in [0, 0.1) is 5.82 Å². The minimum Gasteiger partial charge on any atom is -0.271 e. The zero-order valence-corrected chi connectivity index (χ0v) is 9.10. The van der Waals surface area contributed by atoms with Crippen LogP contribution in [0.1, 0.15) is 12.0 Å². The molecule has 82 valence electrons. The van der Waals surface area contributed by atoms with Gasteiger partial charge in [0.2, 0.25) is 0 Å². The van der Waals surface area contributed by atoms with Crippen LogP contribution in [0.15, 0.2) is 30.9 Å². The van der Waals surface area contributed by atoms with Crippen molar-refractivity contribution in [2.75, 3.05) is 0 Å². The molecular weight excluding hydrogens is 215 g/mol. The average Bonchev–Trinajstić information content (AvgIpc) is 2.21. The van der Waals surface area contributed by atoms with Gasteiger partial charge in [0.25, 0.3) is 0 Å². The number of nitrogens with two attached hydrogens (primary N) is 1. The molecule has 0 radical (unpaired) electrons. The molecule has 4 heteroatoms. The molecule has 1 aromatic carbocycles. The van der Waals surface area contributed by atoms with Gasteiger partial charge in [-0.25, -0.2) is 4.39 Å². The fraction of sp³-hybridized carbons (Fsp3) is 0.273. The Morgan fingerprint density at radius 3 is 2.87 bits per heavy atom. The van der Waals surface area contributed by atoms with Crippen LogP contribution in [0.3, 0.4) is 0 Å². The maximum absolute atomic E-state index is 13.4. The van der Waals surface area contributed by atoms with E-state index < -0.39 is 0 Å². The molecule has 1 rings (SSSR count). The fourth-order valence-corrected chi connectivity index (χ4v) is 1.52. The molecule has 3 N–H and O–H groups in total. The Morgan fingerprint density at radius 1 is 1.60 bits per heavy atom. The van der Waals surface area contributed by atoms with Gasteiger partial charge in [0, 0.05) is 11.1 Å². The number of hydrogen-bond acceptors (Lipinski definition) is 2. The van der Waals surface area contributed by atoms with Gasteiger partial charge in [-0.3, -0.25) is 11.3 Å². The summed E-state index contributed by atoms with van der Waals surface area (Å²) in [5, 5.41) is 0.400. The minimum absolute atomic E-state index is 0.00169. The molecule has 0 fully saturated rings.